The molecule has 2 aromatic carbocycles. The highest BCUT2D eigenvalue weighted by atomic mass is 32.2. The van der Waals surface area contributed by atoms with Crippen LogP contribution in [-0.2, 0) is 26.2 Å². The predicted octanol–water partition coefficient (Wildman–Crippen LogP) is 2.75. The number of hydrogen-bond donors (Lipinski definition) is 2. The van der Waals surface area contributed by atoms with Crippen LogP contribution in [0, 0.1) is 0 Å². The lowest BCUT2D eigenvalue weighted by Crippen LogP contribution is -2.28. The van der Waals surface area contributed by atoms with E-state index in [1.165, 1.54) is 36.0 Å². The topological polar surface area (TPSA) is 127 Å². The standard InChI is InChI=1S/C22H24N4O5S2/c1-4-19(32-22-24-18-9-7-6-8-17(18)21(29)26(22)5-2)20(28)23-15-10-12-16(13-11-15)33(30,31)25-14(3)27/h6-13,19H,4-5H2,1-3H3,(H,23,28)(H,25,27). The average Bonchev–Trinajstić information content (AvgIpc) is 2.77. The highest BCUT2D eigenvalue weighted by molar-refractivity contribution is 8.00. The first kappa shape index (κ1) is 24.5. The van der Waals surface area contributed by atoms with Gasteiger partial charge >= 0.3 is 0 Å². The van der Waals surface area contributed by atoms with Crippen LogP contribution in [0.15, 0.2) is 63.4 Å². The van der Waals surface area contributed by atoms with Crippen molar-refractivity contribution in [2.24, 2.45) is 0 Å². The second kappa shape index (κ2) is 10.2. The zero-order valence-corrected chi connectivity index (χ0v) is 20.0. The van der Waals surface area contributed by atoms with Crippen LogP contribution in [0.25, 0.3) is 10.9 Å². The lowest BCUT2D eigenvalue weighted by Gasteiger charge is -2.17. The van der Waals surface area contributed by atoms with Gasteiger partial charge in [0, 0.05) is 19.2 Å². The first-order valence-corrected chi connectivity index (χ1v) is 12.6. The molecule has 0 bridgehead atoms. The molecule has 1 atom stereocenters. The van der Waals surface area contributed by atoms with E-state index >= 15 is 0 Å². The van der Waals surface area contributed by atoms with Crippen molar-refractivity contribution in [1.82, 2.24) is 14.3 Å². The molecule has 0 aliphatic heterocycles. The van der Waals surface area contributed by atoms with E-state index in [1.54, 1.807) is 28.8 Å². The molecule has 11 heteroatoms. The molecule has 2 amide bonds. The molecule has 0 saturated carbocycles. The number of carbonyl (C=O) groups is 2. The summed E-state index contributed by atoms with van der Waals surface area (Å²) >= 11 is 1.21. The fourth-order valence-corrected chi connectivity index (χ4v) is 5.22. The van der Waals surface area contributed by atoms with Gasteiger partial charge in [-0.15, -0.1) is 0 Å². The number of nitrogens with one attached hydrogen (secondary N) is 2. The summed E-state index contributed by atoms with van der Waals surface area (Å²) in [5, 5.41) is 3.22. The van der Waals surface area contributed by atoms with Crippen molar-refractivity contribution in [3.63, 3.8) is 0 Å². The van der Waals surface area contributed by atoms with Crippen molar-refractivity contribution >= 4 is 50.2 Å². The lowest BCUT2D eigenvalue weighted by molar-refractivity contribution is -0.117. The van der Waals surface area contributed by atoms with Gasteiger partial charge in [0.15, 0.2) is 5.16 Å². The van der Waals surface area contributed by atoms with Gasteiger partial charge < -0.3 is 5.32 Å². The van der Waals surface area contributed by atoms with Gasteiger partial charge in [-0.05, 0) is 49.7 Å². The number of benzene rings is 2. The Bertz CT molecular complexity index is 1350. The number of sulfonamides is 1. The quantitative estimate of drug-likeness (QED) is 0.369. The average molecular weight is 489 g/mol. The van der Waals surface area contributed by atoms with E-state index in [9.17, 15) is 22.8 Å². The van der Waals surface area contributed by atoms with Crippen LogP contribution >= 0.6 is 11.8 Å². The SMILES string of the molecule is CCC(Sc1nc2ccccc2c(=O)n1CC)C(=O)Nc1ccc(S(=O)(=O)NC(C)=O)cc1. The second-order valence-corrected chi connectivity index (χ2v) is 10.0. The number of hydrogen-bond acceptors (Lipinski definition) is 7. The van der Waals surface area contributed by atoms with Crippen molar-refractivity contribution in [1.29, 1.82) is 0 Å². The Labute approximate surface area is 195 Å². The first-order valence-electron chi connectivity index (χ1n) is 10.3. The zero-order valence-electron chi connectivity index (χ0n) is 18.4. The summed E-state index contributed by atoms with van der Waals surface area (Å²) in [6, 6.07) is 12.6. The van der Waals surface area contributed by atoms with E-state index in [0.29, 0.717) is 34.7 Å². The van der Waals surface area contributed by atoms with Crippen LogP contribution < -0.4 is 15.6 Å². The van der Waals surface area contributed by atoms with Gasteiger partial charge in [0.1, 0.15) is 0 Å². The van der Waals surface area contributed by atoms with E-state index in [0.717, 1.165) is 6.92 Å². The van der Waals surface area contributed by atoms with E-state index in [-0.39, 0.29) is 16.4 Å². The minimum atomic E-state index is -3.95. The molecular weight excluding hydrogens is 464 g/mol. The fourth-order valence-electron chi connectivity index (χ4n) is 3.15. The van der Waals surface area contributed by atoms with Gasteiger partial charge in [-0.25, -0.2) is 18.1 Å². The minimum Gasteiger partial charge on any atom is -0.325 e. The van der Waals surface area contributed by atoms with Crippen LogP contribution in [0.4, 0.5) is 5.69 Å². The Kier molecular flexibility index (Phi) is 7.54. The van der Waals surface area contributed by atoms with Crippen LogP contribution in [0.1, 0.15) is 27.2 Å². The normalized spacial score (nSPS) is 12.3. The molecule has 0 spiro atoms. The first-order chi connectivity index (χ1) is 15.7. The van der Waals surface area contributed by atoms with E-state index < -0.39 is 21.2 Å². The lowest BCUT2D eigenvalue weighted by atomic mass is 10.2. The molecule has 174 valence electrons. The summed E-state index contributed by atoms with van der Waals surface area (Å²) in [4.78, 5) is 41.3. The Morgan fingerprint density at radius 2 is 1.76 bits per heavy atom. The van der Waals surface area contributed by atoms with Crippen molar-refractivity contribution in [3.8, 4) is 0 Å². The molecule has 0 saturated heterocycles. The molecule has 3 rings (SSSR count). The summed E-state index contributed by atoms with van der Waals surface area (Å²) in [6.45, 7) is 5.23. The summed E-state index contributed by atoms with van der Waals surface area (Å²) in [7, 11) is -3.95. The van der Waals surface area contributed by atoms with E-state index in [4.69, 9.17) is 0 Å². The minimum absolute atomic E-state index is 0.0931. The number of thioether (sulfide) groups is 1. The smallest absolute Gasteiger partial charge is 0.264 e. The molecule has 0 radical (unpaired) electrons. The third-order valence-corrected chi connectivity index (χ3v) is 7.57. The molecule has 0 aliphatic rings. The van der Waals surface area contributed by atoms with Crippen molar-refractivity contribution in [3.05, 3.63) is 58.9 Å². The summed E-state index contributed by atoms with van der Waals surface area (Å²) in [6.07, 6.45) is 0.484. The third kappa shape index (κ3) is 5.60. The second-order valence-electron chi connectivity index (χ2n) is 7.15. The Morgan fingerprint density at radius 1 is 1.09 bits per heavy atom. The maximum Gasteiger partial charge on any atom is 0.264 e. The number of amides is 2. The van der Waals surface area contributed by atoms with Crippen molar-refractivity contribution in [2.45, 2.75) is 49.0 Å². The molecule has 2 N–H and O–H groups in total. The van der Waals surface area contributed by atoms with E-state index in [1.807, 2.05) is 18.6 Å². The van der Waals surface area contributed by atoms with Crippen molar-refractivity contribution in [2.75, 3.05) is 5.32 Å². The molecule has 0 aliphatic carbocycles. The Balaban J connectivity index is 1.80. The summed E-state index contributed by atoms with van der Waals surface area (Å²) < 4.78 is 27.5. The Hall–Kier alpha value is -3.18. The van der Waals surface area contributed by atoms with Gasteiger partial charge in [-0.3, -0.25) is 19.0 Å². The molecule has 9 nitrogen and oxygen atoms in total. The number of anilines is 1. The van der Waals surface area contributed by atoms with Gasteiger partial charge in [-0.2, -0.15) is 0 Å². The molecule has 33 heavy (non-hydrogen) atoms. The monoisotopic (exact) mass is 488 g/mol. The van der Waals surface area contributed by atoms with Crippen LogP contribution in [0.5, 0.6) is 0 Å². The number of carbonyl (C=O) groups excluding carboxylic acids is 2. The number of para-hydroxylation sites is 1. The maximum atomic E-state index is 12.9. The van der Waals surface area contributed by atoms with Crippen molar-refractivity contribution < 1.29 is 18.0 Å². The molecular formula is C22H24N4O5S2. The summed E-state index contributed by atoms with van der Waals surface area (Å²) in [5.74, 6) is -0.993. The predicted molar refractivity (Wildman–Crippen MR) is 128 cm³/mol. The van der Waals surface area contributed by atoms with Gasteiger partial charge in [0.05, 0.1) is 21.0 Å². The van der Waals surface area contributed by atoms with Gasteiger partial charge in [-0.1, -0.05) is 30.8 Å². The molecule has 1 unspecified atom stereocenters. The molecule has 1 aromatic heterocycles. The highest BCUT2D eigenvalue weighted by Gasteiger charge is 2.22. The van der Waals surface area contributed by atoms with Crippen LogP contribution in [0.2, 0.25) is 0 Å². The number of nitrogens with zero attached hydrogens (tertiary/aromatic N) is 2. The number of rotatable bonds is 8. The summed E-state index contributed by atoms with van der Waals surface area (Å²) in [5.41, 5.74) is 0.818. The van der Waals surface area contributed by atoms with Gasteiger partial charge in [0.25, 0.3) is 15.6 Å². The van der Waals surface area contributed by atoms with Crippen LogP contribution in [-0.4, -0.2) is 35.0 Å². The highest BCUT2D eigenvalue weighted by Crippen LogP contribution is 2.26. The maximum absolute atomic E-state index is 12.9. The third-order valence-electron chi connectivity index (χ3n) is 4.76. The molecule has 0 fully saturated rings. The zero-order chi connectivity index (χ0) is 24.2. The number of aromatic nitrogens is 2. The number of fused-ring (bicyclic) bond motifs is 1. The fraction of sp³-hybridized carbons (Fsp3) is 0.273. The molecule has 3 aromatic rings. The molecule has 1 heterocycles. The van der Waals surface area contributed by atoms with Crippen LogP contribution in [0.3, 0.4) is 0 Å². The van der Waals surface area contributed by atoms with Gasteiger partial charge in [0.2, 0.25) is 11.8 Å². The Morgan fingerprint density at radius 3 is 2.36 bits per heavy atom. The largest absolute Gasteiger partial charge is 0.325 e. The van der Waals surface area contributed by atoms with E-state index in [2.05, 4.69) is 10.3 Å².